The number of aliphatic hydroxyl groups excluding tert-OH is 1. The molecule has 0 heterocycles. The maximum atomic E-state index is 10.0. The van der Waals surface area contributed by atoms with Crippen LogP contribution in [0.2, 0.25) is 5.02 Å². The highest BCUT2D eigenvalue weighted by Gasteiger charge is 2.14. The van der Waals surface area contributed by atoms with Crippen molar-refractivity contribution in [2.24, 2.45) is 5.92 Å². The van der Waals surface area contributed by atoms with Gasteiger partial charge in [-0.3, -0.25) is 0 Å². The molecule has 2 N–H and O–H groups in total. The summed E-state index contributed by atoms with van der Waals surface area (Å²) in [5, 5.41) is 14.0. The molecule has 0 aliphatic rings. The summed E-state index contributed by atoms with van der Waals surface area (Å²) >= 11 is 9.45. The molecule has 0 saturated heterocycles. The van der Waals surface area contributed by atoms with Crippen LogP contribution < -0.4 is 5.32 Å². The highest BCUT2D eigenvalue weighted by molar-refractivity contribution is 9.10. The average Bonchev–Trinajstić information content (AvgIpc) is 2.35. The Kier molecular flexibility index (Phi) is 7.23. The van der Waals surface area contributed by atoms with E-state index < -0.39 is 0 Å². The summed E-state index contributed by atoms with van der Waals surface area (Å²) in [5.41, 5.74) is 1.11. The molecular weight excluding hydrogens is 314 g/mol. The van der Waals surface area contributed by atoms with E-state index in [0.29, 0.717) is 19.0 Å². The van der Waals surface area contributed by atoms with Gasteiger partial charge in [-0.25, -0.2) is 0 Å². The molecule has 0 aromatic heterocycles. The van der Waals surface area contributed by atoms with Gasteiger partial charge >= 0.3 is 0 Å². The van der Waals surface area contributed by atoms with Gasteiger partial charge in [0.05, 0.1) is 6.10 Å². The molecule has 2 nitrogen and oxygen atoms in total. The van der Waals surface area contributed by atoms with Crippen molar-refractivity contribution in [1.29, 1.82) is 0 Å². The molecule has 1 unspecified atom stereocenters. The minimum atomic E-state index is -0.280. The van der Waals surface area contributed by atoms with Crippen molar-refractivity contribution in [1.82, 2.24) is 5.32 Å². The lowest BCUT2D eigenvalue weighted by Crippen LogP contribution is -2.32. The molecule has 0 amide bonds. The van der Waals surface area contributed by atoms with Crippen LogP contribution in [0.1, 0.15) is 32.3 Å². The fourth-order valence-electron chi connectivity index (χ4n) is 2.03. The third-order valence-electron chi connectivity index (χ3n) is 3.27. The molecular formula is C14H21BrClNO. The second-order valence-electron chi connectivity index (χ2n) is 4.51. The molecule has 4 heteroatoms. The average molecular weight is 335 g/mol. The molecule has 0 bridgehead atoms. The van der Waals surface area contributed by atoms with Crippen LogP contribution in [0.3, 0.4) is 0 Å². The molecule has 0 aliphatic heterocycles. The largest absolute Gasteiger partial charge is 0.392 e. The first-order valence-electron chi connectivity index (χ1n) is 6.41. The van der Waals surface area contributed by atoms with Crippen molar-refractivity contribution in [3.05, 3.63) is 33.3 Å². The van der Waals surface area contributed by atoms with Gasteiger partial charge in [0.1, 0.15) is 0 Å². The van der Waals surface area contributed by atoms with E-state index in [1.807, 2.05) is 18.2 Å². The smallest absolute Gasteiger partial charge is 0.0692 e. The maximum absolute atomic E-state index is 10.0. The third-order valence-corrected chi connectivity index (χ3v) is 4.28. The molecule has 0 saturated carbocycles. The predicted molar refractivity (Wildman–Crippen MR) is 80.9 cm³/mol. The number of halogens is 2. The standard InChI is InChI=1S/C14H21BrClNO/c1-3-10(4-2)14(18)9-17-8-11-7-12(16)5-6-13(11)15/h5-7,10,14,17-18H,3-4,8-9H2,1-2H3. The normalized spacial score (nSPS) is 13.0. The van der Waals surface area contributed by atoms with Crippen molar-refractivity contribution in [3.63, 3.8) is 0 Å². The van der Waals surface area contributed by atoms with Crippen molar-refractivity contribution in [3.8, 4) is 0 Å². The maximum Gasteiger partial charge on any atom is 0.0692 e. The zero-order valence-electron chi connectivity index (χ0n) is 10.9. The molecule has 1 aromatic rings. The molecule has 1 rings (SSSR count). The Hall–Kier alpha value is -0.0900. The highest BCUT2D eigenvalue weighted by Crippen LogP contribution is 2.21. The Morgan fingerprint density at radius 2 is 2.00 bits per heavy atom. The Balaban J connectivity index is 2.44. The SMILES string of the molecule is CCC(CC)C(O)CNCc1cc(Cl)ccc1Br. The second-order valence-corrected chi connectivity index (χ2v) is 5.80. The lowest BCUT2D eigenvalue weighted by molar-refractivity contribution is 0.101. The van der Waals surface area contributed by atoms with Gasteiger partial charge in [0.2, 0.25) is 0 Å². The van der Waals surface area contributed by atoms with Gasteiger partial charge in [0, 0.05) is 22.6 Å². The minimum Gasteiger partial charge on any atom is -0.392 e. The van der Waals surface area contributed by atoms with E-state index in [4.69, 9.17) is 11.6 Å². The van der Waals surface area contributed by atoms with E-state index in [2.05, 4.69) is 35.1 Å². The summed E-state index contributed by atoms with van der Waals surface area (Å²) in [6.07, 6.45) is 1.75. The van der Waals surface area contributed by atoms with Crippen molar-refractivity contribution >= 4 is 27.5 Å². The lowest BCUT2D eigenvalue weighted by atomic mass is 9.96. The first-order chi connectivity index (χ1) is 8.58. The number of hydrogen-bond acceptors (Lipinski definition) is 2. The fourth-order valence-corrected chi connectivity index (χ4v) is 2.61. The van der Waals surface area contributed by atoms with Crippen LogP contribution >= 0.6 is 27.5 Å². The summed E-state index contributed by atoms with van der Waals surface area (Å²) in [6.45, 7) is 5.56. The minimum absolute atomic E-state index is 0.280. The lowest BCUT2D eigenvalue weighted by Gasteiger charge is -2.20. The fraction of sp³-hybridized carbons (Fsp3) is 0.571. The van der Waals surface area contributed by atoms with Gasteiger partial charge in [0.25, 0.3) is 0 Å². The van der Waals surface area contributed by atoms with Crippen molar-refractivity contribution in [2.45, 2.75) is 39.3 Å². The van der Waals surface area contributed by atoms with Gasteiger partial charge in [0.15, 0.2) is 0 Å². The first kappa shape index (κ1) is 16.0. The predicted octanol–water partition coefficient (Wildman–Crippen LogP) is 3.99. The van der Waals surface area contributed by atoms with E-state index in [-0.39, 0.29) is 6.10 Å². The highest BCUT2D eigenvalue weighted by atomic mass is 79.9. The van der Waals surface area contributed by atoms with Crippen LogP contribution in [0.15, 0.2) is 22.7 Å². The zero-order valence-corrected chi connectivity index (χ0v) is 13.3. The number of hydrogen-bond donors (Lipinski definition) is 2. The number of aliphatic hydroxyl groups is 1. The molecule has 1 aromatic carbocycles. The third kappa shape index (κ3) is 4.88. The topological polar surface area (TPSA) is 32.3 Å². The molecule has 0 radical (unpaired) electrons. The van der Waals surface area contributed by atoms with Gasteiger partial charge in [-0.05, 0) is 29.7 Å². The van der Waals surface area contributed by atoms with Crippen LogP contribution in [-0.2, 0) is 6.54 Å². The molecule has 102 valence electrons. The van der Waals surface area contributed by atoms with Crippen LogP contribution in [-0.4, -0.2) is 17.8 Å². The van der Waals surface area contributed by atoms with E-state index in [1.54, 1.807) is 0 Å². The zero-order chi connectivity index (χ0) is 13.5. The van der Waals surface area contributed by atoms with Crippen LogP contribution in [0, 0.1) is 5.92 Å². The van der Waals surface area contributed by atoms with Crippen LogP contribution in [0.25, 0.3) is 0 Å². The van der Waals surface area contributed by atoms with Gasteiger partial charge in [-0.1, -0.05) is 54.2 Å². The second kappa shape index (κ2) is 8.16. The monoisotopic (exact) mass is 333 g/mol. The summed E-state index contributed by atoms with van der Waals surface area (Å²) in [6, 6.07) is 5.73. The Morgan fingerprint density at radius 3 is 2.61 bits per heavy atom. The van der Waals surface area contributed by atoms with Crippen molar-refractivity contribution in [2.75, 3.05) is 6.54 Å². The van der Waals surface area contributed by atoms with Gasteiger partial charge in [-0.2, -0.15) is 0 Å². The first-order valence-corrected chi connectivity index (χ1v) is 7.58. The summed E-state index contributed by atoms with van der Waals surface area (Å²) < 4.78 is 1.04. The quantitative estimate of drug-likeness (QED) is 0.790. The van der Waals surface area contributed by atoms with E-state index in [0.717, 1.165) is 27.9 Å². The van der Waals surface area contributed by atoms with Gasteiger partial charge in [-0.15, -0.1) is 0 Å². The molecule has 18 heavy (non-hydrogen) atoms. The van der Waals surface area contributed by atoms with Crippen molar-refractivity contribution < 1.29 is 5.11 Å². The van der Waals surface area contributed by atoms with E-state index in [1.165, 1.54) is 0 Å². The molecule has 0 aliphatic carbocycles. The Morgan fingerprint density at radius 1 is 1.33 bits per heavy atom. The van der Waals surface area contributed by atoms with Gasteiger partial charge < -0.3 is 10.4 Å². The number of benzene rings is 1. The number of nitrogens with one attached hydrogen (secondary N) is 1. The molecule has 0 fully saturated rings. The molecule has 0 spiro atoms. The Bertz CT molecular complexity index is 369. The number of rotatable bonds is 7. The van der Waals surface area contributed by atoms with Crippen LogP contribution in [0.4, 0.5) is 0 Å². The van der Waals surface area contributed by atoms with E-state index >= 15 is 0 Å². The summed E-state index contributed by atoms with van der Waals surface area (Å²) in [4.78, 5) is 0. The Labute approximate surface area is 123 Å². The summed E-state index contributed by atoms with van der Waals surface area (Å²) in [5.74, 6) is 0.375. The van der Waals surface area contributed by atoms with Crippen LogP contribution in [0.5, 0.6) is 0 Å². The molecule has 1 atom stereocenters. The van der Waals surface area contributed by atoms with E-state index in [9.17, 15) is 5.11 Å². The summed E-state index contributed by atoms with van der Waals surface area (Å²) in [7, 11) is 0.